The summed E-state index contributed by atoms with van der Waals surface area (Å²) < 4.78 is 0. The van der Waals surface area contributed by atoms with Gasteiger partial charge in [-0.25, -0.2) is 4.98 Å². The maximum Gasteiger partial charge on any atom is 0.224 e. The molecule has 2 amide bonds. The van der Waals surface area contributed by atoms with Gasteiger partial charge in [0.15, 0.2) is 0 Å². The van der Waals surface area contributed by atoms with Gasteiger partial charge in [-0.1, -0.05) is 19.9 Å². The average molecular weight is 331 g/mol. The number of carbonyl (C=O) groups excluding carboxylic acids is 2. The van der Waals surface area contributed by atoms with Gasteiger partial charge in [-0.15, -0.1) is 11.3 Å². The van der Waals surface area contributed by atoms with E-state index in [2.05, 4.69) is 34.8 Å². The molecule has 0 aliphatic rings. The zero-order chi connectivity index (χ0) is 16.8. The highest BCUT2D eigenvalue weighted by atomic mass is 32.1. The number of rotatable bonds is 6. The first-order chi connectivity index (χ1) is 10.9. The molecule has 2 rings (SSSR count). The molecule has 122 valence electrons. The van der Waals surface area contributed by atoms with Crippen molar-refractivity contribution in [1.29, 1.82) is 0 Å². The molecule has 0 saturated heterocycles. The minimum atomic E-state index is -0.141. The van der Waals surface area contributed by atoms with Gasteiger partial charge in [0.05, 0.1) is 10.7 Å². The number of anilines is 2. The number of amides is 2. The number of hydrogen-bond donors (Lipinski definition) is 2. The van der Waals surface area contributed by atoms with Crippen LogP contribution in [0.25, 0.3) is 0 Å². The summed E-state index contributed by atoms with van der Waals surface area (Å²) in [4.78, 5) is 27.6. The topological polar surface area (TPSA) is 71.1 Å². The van der Waals surface area contributed by atoms with Crippen LogP contribution in [-0.2, 0) is 16.0 Å². The van der Waals surface area contributed by atoms with Crippen LogP contribution in [0.2, 0.25) is 0 Å². The predicted molar refractivity (Wildman–Crippen MR) is 93.9 cm³/mol. The molecule has 6 heteroatoms. The van der Waals surface area contributed by atoms with Gasteiger partial charge in [-0.3, -0.25) is 9.59 Å². The number of thiazole rings is 1. The second kappa shape index (κ2) is 7.87. The summed E-state index contributed by atoms with van der Waals surface area (Å²) in [7, 11) is 0. The monoisotopic (exact) mass is 331 g/mol. The molecular weight excluding hydrogens is 310 g/mol. The van der Waals surface area contributed by atoms with Crippen molar-refractivity contribution in [3.8, 4) is 0 Å². The standard InChI is InChI=1S/C17H21N3O2S/c1-11(2)15-10-23-17(20-15)8-7-16(22)19-14-6-4-5-13(9-14)18-12(3)21/h4-6,9-11H,7-8H2,1-3H3,(H,18,21)(H,19,22). The van der Waals surface area contributed by atoms with Crippen molar-refractivity contribution >= 4 is 34.5 Å². The molecule has 0 spiro atoms. The van der Waals surface area contributed by atoms with Crippen molar-refractivity contribution < 1.29 is 9.59 Å². The molecule has 2 N–H and O–H groups in total. The summed E-state index contributed by atoms with van der Waals surface area (Å²) in [6.45, 7) is 5.66. The molecule has 0 fully saturated rings. The Morgan fingerprint density at radius 1 is 1.22 bits per heavy atom. The highest BCUT2D eigenvalue weighted by Gasteiger charge is 2.09. The van der Waals surface area contributed by atoms with E-state index in [0.717, 1.165) is 10.7 Å². The third-order valence-electron chi connectivity index (χ3n) is 3.19. The Morgan fingerprint density at radius 2 is 1.91 bits per heavy atom. The predicted octanol–water partition coefficient (Wildman–Crippen LogP) is 3.80. The molecule has 1 heterocycles. The molecule has 5 nitrogen and oxygen atoms in total. The van der Waals surface area contributed by atoms with Crippen LogP contribution in [0, 0.1) is 0 Å². The van der Waals surface area contributed by atoms with Gasteiger partial charge < -0.3 is 10.6 Å². The van der Waals surface area contributed by atoms with Gasteiger partial charge in [0.2, 0.25) is 11.8 Å². The first-order valence-corrected chi connectivity index (χ1v) is 8.44. The van der Waals surface area contributed by atoms with E-state index in [1.54, 1.807) is 35.6 Å². The lowest BCUT2D eigenvalue weighted by molar-refractivity contribution is -0.116. The molecule has 0 saturated carbocycles. The number of benzene rings is 1. The Bertz CT molecular complexity index is 695. The van der Waals surface area contributed by atoms with Crippen molar-refractivity contribution in [2.24, 2.45) is 0 Å². The van der Waals surface area contributed by atoms with Crippen LogP contribution < -0.4 is 10.6 Å². The fourth-order valence-electron chi connectivity index (χ4n) is 2.03. The minimum Gasteiger partial charge on any atom is -0.326 e. The molecular formula is C17H21N3O2S. The summed E-state index contributed by atoms with van der Waals surface area (Å²) in [6, 6.07) is 7.10. The Morgan fingerprint density at radius 3 is 2.52 bits per heavy atom. The first-order valence-electron chi connectivity index (χ1n) is 7.56. The average Bonchev–Trinajstić information content (AvgIpc) is 2.94. The molecule has 0 unspecified atom stereocenters. The largest absolute Gasteiger partial charge is 0.326 e. The number of hydrogen-bond acceptors (Lipinski definition) is 4. The van der Waals surface area contributed by atoms with E-state index >= 15 is 0 Å². The highest BCUT2D eigenvalue weighted by molar-refractivity contribution is 7.09. The third-order valence-corrected chi connectivity index (χ3v) is 4.12. The molecule has 2 aromatic rings. The van der Waals surface area contributed by atoms with Crippen LogP contribution in [0.15, 0.2) is 29.6 Å². The van der Waals surface area contributed by atoms with Gasteiger partial charge in [0.1, 0.15) is 0 Å². The Labute approximate surface area is 140 Å². The van der Waals surface area contributed by atoms with E-state index in [0.29, 0.717) is 30.1 Å². The zero-order valence-corrected chi connectivity index (χ0v) is 14.4. The molecule has 0 bridgehead atoms. The van der Waals surface area contributed by atoms with Crippen LogP contribution in [0.1, 0.15) is 43.8 Å². The zero-order valence-electron chi connectivity index (χ0n) is 13.6. The number of aryl methyl sites for hydroxylation is 1. The normalized spacial score (nSPS) is 10.6. The van der Waals surface area contributed by atoms with Crippen LogP contribution in [0.5, 0.6) is 0 Å². The number of carbonyl (C=O) groups is 2. The van der Waals surface area contributed by atoms with E-state index in [1.165, 1.54) is 6.92 Å². The minimum absolute atomic E-state index is 0.0636. The van der Waals surface area contributed by atoms with Gasteiger partial charge in [0.25, 0.3) is 0 Å². The summed E-state index contributed by atoms with van der Waals surface area (Å²) in [5.74, 6) is 0.204. The van der Waals surface area contributed by atoms with Gasteiger partial charge in [-0.2, -0.15) is 0 Å². The second-order valence-electron chi connectivity index (χ2n) is 5.63. The number of nitrogens with zero attached hydrogens (tertiary/aromatic N) is 1. The number of aromatic nitrogens is 1. The van der Waals surface area contributed by atoms with Crippen LogP contribution >= 0.6 is 11.3 Å². The smallest absolute Gasteiger partial charge is 0.224 e. The van der Waals surface area contributed by atoms with Crippen molar-refractivity contribution in [3.05, 3.63) is 40.3 Å². The van der Waals surface area contributed by atoms with Crippen LogP contribution in [-0.4, -0.2) is 16.8 Å². The molecule has 1 aromatic carbocycles. The fourth-order valence-corrected chi connectivity index (χ4v) is 2.99. The van der Waals surface area contributed by atoms with E-state index < -0.39 is 0 Å². The highest BCUT2D eigenvalue weighted by Crippen LogP contribution is 2.19. The molecule has 1 aromatic heterocycles. The molecule has 0 atom stereocenters. The Hall–Kier alpha value is -2.21. The van der Waals surface area contributed by atoms with Crippen LogP contribution in [0.4, 0.5) is 11.4 Å². The van der Waals surface area contributed by atoms with Gasteiger partial charge >= 0.3 is 0 Å². The van der Waals surface area contributed by atoms with E-state index in [-0.39, 0.29) is 11.8 Å². The van der Waals surface area contributed by atoms with Crippen molar-refractivity contribution in [2.75, 3.05) is 10.6 Å². The van der Waals surface area contributed by atoms with Crippen molar-refractivity contribution in [2.45, 2.75) is 39.5 Å². The summed E-state index contributed by atoms with van der Waals surface area (Å²) in [5.41, 5.74) is 2.41. The fraction of sp³-hybridized carbons (Fsp3) is 0.353. The lowest BCUT2D eigenvalue weighted by atomic mass is 10.2. The van der Waals surface area contributed by atoms with Gasteiger partial charge in [0, 0.05) is 36.5 Å². The summed E-state index contributed by atoms with van der Waals surface area (Å²) in [6.07, 6.45) is 1.02. The van der Waals surface area contributed by atoms with Gasteiger partial charge in [-0.05, 0) is 24.1 Å². The van der Waals surface area contributed by atoms with E-state index in [9.17, 15) is 9.59 Å². The van der Waals surface area contributed by atoms with Crippen molar-refractivity contribution in [1.82, 2.24) is 4.98 Å². The third kappa shape index (κ3) is 5.49. The SMILES string of the molecule is CC(=O)Nc1cccc(NC(=O)CCc2nc(C(C)C)cs2)c1. The molecule has 23 heavy (non-hydrogen) atoms. The second-order valence-corrected chi connectivity index (χ2v) is 6.57. The number of nitrogens with one attached hydrogen (secondary N) is 2. The molecule has 0 radical (unpaired) electrons. The lowest BCUT2D eigenvalue weighted by Gasteiger charge is -2.07. The molecule has 0 aliphatic carbocycles. The Kier molecular flexibility index (Phi) is 5.87. The summed E-state index contributed by atoms with van der Waals surface area (Å²) >= 11 is 1.60. The lowest BCUT2D eigenvalue weighted by Crippen LogP contribution is -2.13. The maximum atomic E-state index is 12.0. The van der Waals surface area contributed by atoms with Crippen LogP contribution in [0.3, 0.4) is 0 Å². The first kappa shape index (κ1) is 17.1. The maximum absolute atomic E-state index is 12.0. The van der Waals surface area contributed by atoms with Crippen molar-refractivity contribution in [3.63, 3.8) is 0 Å². The van der Waals surface area contributed by atoms with E-state index in [4.69, 9.17) is 0 Å². The van der Waals surface area contributed by atoms with E-state index in [1.807, 2.05) is 0 Å². The molecule has 0 aliphatic heterocycles. The summed E-state index contributed by atoms with van der Waals surface area (Å²) in [5, 5.41) is 8.57. The Balaban J connectivity index is 1.87. The quantitative estimate of drug-likeness (QED) is 0.846.